The number of nitrogens with one attached hydrogen (secondary N) is 2. The number of rotatable bonds is 6. The fourth-order valence-corrected chi connectivity index (χ4v) is 2.83. The zero-order valence-corrected chi connectivity index (χ0v) is 14.1. The molecule has 0 spiro atoms. The molecule has 2 aromatic carbocycles. The zero-order chi connectivity index (χ0) is 16.9. The number of benzene rings is 2. The van der Waals surface area contributed by atoms with Crippen LogP contribution >= 0.6 is 0 Å². The van der Waals surface area contributed by atoms with Crippen LogP contribution in [0.1, 0.15) is 16.7 Å². The van der Waals surface area contributed by atoms with Gasteiger partial charge in [-0.05, 0) is 43.5 Å². The first-order valence-electron chi connectivity index (χ1n) is 8.15. The lowest BCUT2D eigenvalue weighted by molar-refractivity contribution is -0.123. The van der Waals surface area contributed by atoms with Gasteiger partial charge < -0.3 is 15.0 Å². The van der Waals surface area contributed by atoms with Crippen LogP contribution in [-0.2, 0) is 11.2 Å². The van der Waals surface area contributed by atoms with E-state index in [1.54, 1.807) is 0 Å². The van der Waals surface area contributed by atoms with E-state index in [1.807, 2.05) is 50.4 Å². The van der Waals surface area contributed by atoms with Crippen molar-refractivity contribution in [2.24, 2.45) is 0 Å². The number of carbonyl (C=O) groups excluding carboxylic acids is 1. The van der Waals surface area contributed by atoms with Crippen molar-refractivity contribution in [3.63, 3.8) is 0 Å². The van der Waals surface area contributed by atoms with Crippen LogP contribution in [-0.4, -0.2) is 24.0 Å². The van der Waals surface area contributed by atoms with E-state index in [0.717, 1.165) is 23.3 Å². The lowest BCUT2D eigenvalue weighted by Gasteiger charge is -2.10. The van der Waals surface area contributed by atoms with E-state index < -0.39 is 0 Å². The molecule has 0 saturated carbocycles. The highest BCUT2D eigenvalue weighted by Gasteiger charge is 2.06. The number of fused-ring (bicyclic) bond motifs is 1. The van der Waals surface area contributed by atoms with Crippen molar-refractivity contribution < 1.29 is 9.53 Å². The summed E-state index contributed by atoms with van der Waals surface area (Å²) in [5, 5.41) is 4.12. The lowest BCUT2D eigenvalue weighted by Crippen LogP contribution is -2.30. The molecule has 4 heteroatoms. The first kappa shape index (κ1) is 16.1. The van der Waals surface area contributed by atoms with Gasteiger partial charge in [0, 0.05) is 23.6 Å². The first-order valence-corrected chi connectivity index (χ1v) is 8.15. The third kappa shape index (κ3) is 3.77. The molecule has 2 N–H and O–H groups in total. The molecular weight excluding hydrogens is 300 g/mol. The van der Waals surface area contributed by atoms with Crippen molar-refractivity contribution >= 4 is 16.8 Å². The maximum Gasteiger partial charge on any atom is 0.257 e. The predicted octanol–water partition coefficient (Wildman–Crippen LogP) is 3.52. The van der Waals surface area contributed by atoms with Crippen molar-refractivity contribution in [1.29, 1.82) is 0 Å². The van der Waals surface area contributed by atoms with Gasteiger partial charge in [-0.2, -0.15) is 0 Å². The van der Waals surface area contributed by atoms with Crippen molar-refractivity contribution in [2.45, 2.75) is 20.3 Å². The Bertz CT molecular complexity index is 852. The summed E-state index contributed by atoms with van der Waals surface area (Å²) in [5.41, 5.74) is 4.56. The number of aromatic nitrogens is 1. The highest BCUT2D eigenvalue weighted by atomic mass is 16.5. The predicted molar refractivity (Wildman–Crippen MR) is 96.4 cm³/mol. The van der Waals surface area contributed by atoms with Crippen molar-refractivity contribution in [2.75, 3.05) is 13.2 Å². The minimum atomic E-state index is -0.102. The van der Waals surface area contributed by atoms with E-state index in [9.17, 15) is 4.79 Å². The van der Waals surface area contributed by atoms with Gasteiger partial charge >= 0.3 is 0 Å². The number of amides is 1. The second kappa shape index (κ2) is 7.21. The average molecular weight is 322 g/mol. The number of hydrogen-bond acceptors (Lipinski definition) is 2. The molecule has 0 fully saturated rings. The van der Waals surface area contributed by atoms with Crippen LogP contribution in [0.3, 0.4) is 0 Å². The van der Waals surface area contributed by atoms with E-state index in [2.05, 4.69) is 22.4 Å². The molecule has 0 atom stereocenters. The standard InChI is InChI=1S/C20H22N2O2/c1-14-7-8-19(15(2)11-14)24-13-20(23)21-10-9-16-12-22-18-6-4-3-5-17(16)18/h3-8,11-12,22H,9-10,13H2,1-2H3,(H,21,23). The molecule has 1 heterocycles. The first-order chi connectivity index (χ1) is 11.6. The van der Waals surface area contributed by atoms with Crippen LogP contribution < -0.4 is 10.1 Å². The van der Waals surface area contributed by atoms with Gasteiger partial charge in [0.15, 0.2) is 6.61 Å². The Kier molecular flexibility index (Phi) is 4.85. The van der Waals surface area contributed by atoms with Crippen LogP contribution in [0.2, 0.25) is 0 Å². The summed E-state index contributed by atoms with van der Waals surface area (Å²) in [7, 11) is 0. The van der Waals surface area contributed by atoms with Gasteiger partial charge in [-0.1, -0.05) is 35.9 Å². The van der Waals surface area contributed by atoms with Crippen LogP contribution in [0.4, 0.5) is 0 Å². The minimum absolute atomic E-state index is 0.0395. The quantitative estimate of drug-likeness (QED) is 0.729. The second-order valence-corrected chi connectivity index (χ2v) is 6.02. The Labute approximate surface area is 141 Å². The molecule has 124 valence electrons. The van der Waals surface area contributed by atoms with Crippen LogP contribution in [0.5, 0.6) is 5.75 Å². The number of aromatic amines is 1. The summed E-state index contributed by atoms with van der Waals surface area (Å²) in [4.78, 5) is 15.2. The molecule has 0 saturated heterocycles. The van der Waals surface area contributed by atoms with E-state index in [4.69, 9.17) is 4.74 Å². The van der Waals surface area contributed by atoms with E-state index in [1.165, 1.54) is 16.5 Å². The van der Waals surface area contributed by atoms with Crippen LogP contribution in [0.25, 0.3) is 10.9 Å². The average Bonchev–Trinajstić information content (AvgIpc) is 2.97. The zero-order valence-electron chi connectivity index (χ0n) is 14.1. The maximum absolute atomic E-state index is 11.9. The van der Waals surface area contributed by atoms with Gasteiger partial charge in [0.2, 0.25) is 0 Å². The van der Waals surface area contributed by atoms with Crippen molar-refractivity contribution in [3.8, 4) is 5.75 Å². The molecule has 3 aromatic rings. The lowest BCUT2D eigenvalue weighted by atomic mass is 10.1. The summed E-state index contributed by atoms with van der Waals surface area (Å²) in [6.45, 7) is 4.65. The molecule has 3 rings (SSSR count). The molecule has 0 aliphatic carbocycles. The molecule has 0 radical (unpaired) electrons. The molecule has 4 nitrogen and oxygen atoms in total. The highest BCUT2D eigenvalue weighted by molar-refractivity contribution is 5.83. The van der Waals surface area contributed by atoms with Gasteiger partial charge in [-0.3, -0.25) is 4.79 Å². The monoisotopic (exact) mass is 322 g/mol. The van der Waals surface area contributed by atoms with Gasteiger partial charge in [-0.15, -0.1) is 0 Å². The van der Waals surface area contributed by atoms with E-state index in [0.29, 0.717) is 6.54 Å². The van der Waals surface area contributed by atoms with Gasteiger partial charge in [0.1, 0.15) is 5.75 Å². The number of hydrogen-bond donors (Lipinski definition) is 2. The summed E-state index contributed by atoms with van der Waals surface area (Å²) < 4.78 is 5.59. The Morgan fingerprint density at radius 1 is 1.17 bits per heavy atom. The summed E-state index contributed by atoms with van der Waals surface area (Å²) in [5.74, 6) is 0.655. The maximum atomic E-state index is 11.9. The Balaban J connectivity index is 1.47. The summed E-state index contributed by atoms with van der Waals surface area (Å²) >= 11 is 0. The Morgan fingerprint density at radius 2 is 2.00 bits per heavy atom. The summed E-state index contributed by atoms with van der Waals surface area (Å²) in [6.07, 6.45) is 2.79. The van der Waals surface area contributed by atoms with Gasteiger partial charge in [-0.25, -0.2) is 0 Å². The SMILES string of the molecule is Cc1ccc(OCC(=O)NCCc2c[nH]c3ccccc23)c(C)c1. The number of ether oxygens (including phenoxy) is 1. The molecular formula is C20H22N2O2. The topological polar surface area (TPSA) is 54.1 Å². The Hall–Kier alpha value is -2.75. The molecule has 1 aromatic heterocycles. The van der Waals surface area contributed by atoms with Gasteiger partial charge in [0.05, 0.1) is 0 Å². The third-order valence-electron chi connectivity index (χ3n) is 4.08. The summed E-state index contributed by atoms with van der Waals surface area (Å²) in [6, 6.07) is 14.1. The highest BCUT2D eigenvalue weighted by Crippen LogP contribution is 2.19. The third-order valence-corrected chi connectivity index (χ3v) is 4.08. The molecule has 24 heavy (non-hydrogen) atoms. The van der Waals surface area contributed by atoms with Crippen LogP contribution in [0.15, 0.2) is 48.7 Å². The van der Waals surface area contributed by atoms with Crippen LogP contribution in [0, 0.1) is 13.8 Å². The molecule has 0 bridgehead atoms. The Morgan fingerprint density at radius 3 is 2.83 bits per heavy atom. The fraction of sp³-hybridized carbons (Fsp3) is 0.250. The second-order valence-electron chi connectivity index (χ2n) is 6.02. The number of para-hydroxylation sites is 1. The molecule has 0 aliphatic rings. The van der Waals surface area contributed by atoms with Crippen molar-refractivity contribution in [3.05, 3.63) is 65.4 Å². The smallest absolute Gasteiger partial charge is 0.257 e. The molecule has 0 aliphatic heterocycles. The molecule has 1 amide bonds. The number of H-pyrrole nitrogens is 1. The van der Waals surface area contributed by atoms with Gasteiger partial charge in [0.25, 0.3) is 5.91 Å². The minimum Gasteiger partial charge on any atom is -0.484 e. The molecule has 0 unspecified atom stereocenters. The normalized spacial score (nSPS) is 10.8. The fourth-order valence-electron chi connectivity index (χ4n) is 2.83. The van der Waals surface area contributed by atoms with E-state index in [-0.39, 0.29) is 12.5 Å². The number of aryl methyl sites for hydroxylation is 2. The van der Waals surface area contributed by atoms with E-state index >= 15 is 0 Å². The number of carbonyl (C=O) groups is 1. The van der Waals surface area contributed by atoms with Crippen molar-refractivity contribution in [1.82, 2.24) is 10.3 Å². The largest absolute Gasteiger partial charge is 0.484 e.